The van der Waals surface area contributed by atoms with Gasteiger partial charge in [-0.05, 0) is 50.8 Å². The summed E-state index contributed by atoms with van der Waals surface area (Å²) >= 11 is 6.19. The van der Waals surface area contributed by atoms with E-state index in [0.717, 1.165) is 31.4 Å². The number of nitrogens with two attached hydrogens (primary N) is 1. The second-order valence-corrected chi connectivity index (χ2v) is 5.81. The van der Waals surface area contributed by atoms with Crippen LogP contribution in [0.3, 0.4) is 0 Å². The lowest BCUT2D eigenvalue weighted by molar-refractivity contribution is 0.0584. The summed E-state index contributed by atoms with van der Waals surface area (Å²) in [6.45, 7) is 4.70. The van der Waals surface area contributed by atoms with Gasteiger partial charge in [0.1, 0.15) is 0 Å². The van der Waals surface area contributed by atoms with Crippen LogP contribution in [0.15, 0.2) is 18.2 Å². The van der Waals surface area contributed by atoms with Crippen molar-refractivity contribution in [3.05, 3.63) is 34.3 Å². The highest BCUT2D eigenvalue weighted by atomic mass is 35.5. The van der Waals surface area contributed by atoms with E-state index in [-0.39, 0.29) is 30.4 Å². The maximum absolute atomic E-state index is 12.6. The molecule has 0 radical (unpaired) electrons. The van der Waals surface area contributed by atoms with E-state index in [1.165, 1.54) is 0 Å². The van der Waals surface area contributed by atoms with Crippen LogP contribution in [0.1, 0.15) is 42.1 Å². The fourth-order valence-corrected chi connectivity index (χ4v) is 3.02. The summed E-state index contributed by atoms with van der Waals surface area (Å²) in [5, 5.41) is 0.527. The zero-order valence-corrected chi connectivity index (χ0v) is 13.5. The summed E-state index contributed by atoms with van der Waals surface area (Å²) in [6.07, 6.45) is 3.16. The van der Waals surface area contributed by atoms with Crippen LogP contribution in [0.4, 0.5) is 0 Å². The summed E-state index contributed by atoms with van der Waals surface area (Å²) in [5.41, 5.74) is 7.65. The molecule has 1 aliphatic heterocycles. The second kappa shape index (κ2) is 7.30. The topological polar surface area (TPSA) is 46.3 Å². The highest BCUT2D eigenvalue weighted by Gasteiger charge is 2.30. The Morgan fingerprint density at radius 3 is 2.75 bits per heavy atom. The molecule has 20 heavy (non-hydrogen) atoms. The van der Waals surface area contributed by atoms with Crippen molar-refractivity contribution in [3.63, 3.8) is 0 Å². The molecule has 1 aromatic carbocycles. The molecule has 2 unspecified atom stereocenters. The molecule has 112 valence electrons. The molecule has 0 spiro atoms. The third kappa shape index (κ3) is 3.66. The predicted octanol–water partition coefficient (Wildman–Crippen LogP) is 3.41. The van der Waals surface area contributed by atoms with Crippen molar-refractivity contribution in [3.8, 4) is 0 Å². The molecule has 3 nitrogen and oxygen atoms in total. The Labute approximate surface area is 131 Å². The van der Waals surface area contributed by atoms with Gasteiger partial charge >= 0.3 is 0 Å². The number of halogens is 2. The molecule has 1 aromatic rings. The van der Waals surface area contributed by atoms with Crippen molar-refractivity contribution in [2.75, 3.05) is 6.54 Å². The first-order chi connectivity index (χ1) is 9.00. The van der Waals surface area contributed by atoms with Gasteiger partial charge in [0.05, 0.1) is 10.6 Å². The quantitative estimate of drug-likeness (QED) is 0.908. The molecule has 1 amide bonds. The van der Waals surface area contributed by atoms with Gasteiger partial charge in [0.15, 0.2) is 0 Å². The molecule has 2 rings (SSSR count). The molecule has 1 fully saturated rings. The van der Waals surface area contributed by atoms with Crippen molar-refractivity contribution in [2.24, 2.45) is 5.73 Å². The fourth-order valence-electron chi connectivity index (χ4n) is 2.70. The van der Waals surface area contributed by atoms with Gasteiger partial charge in [0.2, 0.25) is 0 Å². The number of amides is 1. The van der Waals surface area contributed by atoms with Crippen LogP contribution >= 0.6 is 24.0 Å². The van der Waals surface area contributed by atoms with E-state index in [0.29, 0.717) is 10.6 Å². The smallest absolute Gasteiger partial charge is 0.255 e. The number of benzene rings is 1. The normalized spacial score (nSPS) is 20.2. The average Bonchev–Trinajstić information content (AvgIpc) is 2.38. The Balaban J connectivity index is 0.00000200. The molecule has 2 N–H and O–H groups in total. The Morgan fingerprint density at radius 2 is 2.15 bits per heavy atom. The average molecular weight is 317 g/mol. The van der Waals surface area contributed by atoms with E-state index in [2.05, 4.69) is 0 Å². The number of piperidine rings is 1. The van der Waals surface area contributed by atoms with Crippen molar-refractivity contribution in [2.45, 2.75) is 45.2 Å². The Morgan fingerprint density at radius 1 is 1.45 bits per heavy atom. The fraction of sp³-hybridized carbons (Fsp3) is 0.533. The lowest BCUT2D eigenvalue weighted by Crippen LogP contribution is -2.51. The molecule has 1 heterocycles. The van der Waals surface area contributed by atoms with E-state index >= 15 is 0 Å². The minimum atomic E-state index is -0.00604. The van der Waals surface area contributed by atoms with Gasteiger partial charge in [-0.15, -0.1) is 12.4 Å². The molecule has 5 heteroatoms. The van der Waals surface area contributed by atoms with Gasteiger partial charge in [0.25, 0.3) is 5.91 Å². The number of likely N-dealkylation sites (tertiary alicyclic amines) is 1. The van der Waals surface area contributed by atoms with Crippen molar-refractivity contribution < 1.29 is 4.79 Å². The number of hydrogen-bond donors (Lipinski definition) is 1. The molecule has 1 saturated heterocycles. The van der Waals surface area contributed by atoms with Gasteiger partial charge < -0.3 is 10.6 Å². The molecule has 0 aliphatic carbocycles. The molecule has 1 aliphatic rings. The molecule has 2 atom stereocenters. The van der Waals surface area contributed by atoms with Crippen LogP contribution in [0, 0.1) is 6.92 Å². The number of rotatable bonds is 2. The Hall–Kier alpha value is -0.770. The first-order valence-corrected chi connectivity index (χ1v) is 7.21. The van der Waals surface area contributed by atoms with E-state index < -0.39 is 0 Å². The molecule has 0 saturated carbocycles. The van der Waals surface area contributed by atoms with Gasteiger partial charge in [0, 0.05) is 18.6 Å². The van der Waals surface area contributed by atoms with Gasteiger partial charge in [-0.3, -0.25) is 4.79 Å². The van der Waals surface area contributed by atoms with E-state index in [1.807, 2.05) is 36.9 Å². The monoisotopic (exact) mass is 316 g/mol. The molecular formula is C15H22Cl2N2O. The highest BCUT2D eigenvalue weighted by molar-refractivity contribution is 6.33. The highest BCUT2D eigenvalue weighted by Crippen LogP contribution is 2.25. The van der Waals surface area contributed by atoms with Crippen LogP contribution < -0.4 is 5.73 Å². The van der Waals surface area contributed by atoms with Crippen molar-refractivity contribution in [1.29, 1.82) is 0 Å². The van der Waals surface area contributed by atoms with Gasteiger partial charge in [-0.25, -0.2) is 0 Å². The summed E-state index contributed by atoms with van der Waals surface area (Å²) in [7, 11) is 0. The first-order valence-electron chi connectivity index (χ1n) is 6.83. The molecule has 0 aromatic heterocycles. The van der Waals surface area contributed by atoms with E-state index in [4.69, 9.17) is 17.3 Å². The van der Waals surface area contributed by atoms with Crippen LogP contribution in [-0.4, -0.2) is 29.4 Å². The maximum atomic E-state index is 12.6. The number of nitrogens with zero attached hydrogens (tertiary/aromatic N) is 1. The van der Waals surface area contributed by atoms with Crippen LogP contribution in [0.25, 0.3) is 0 Å². The summed E-state index contributed by atoms with van der Waals surface area (Å²) in [5.74, 6) is 0.00648. The van der Waals surface area contributed by atoms with Crippen LogP contribution in [-0.2, 0) is 0 Å². The van der Waals surface area contributed by atoms with Gasteiger partial charge in [-0.2, -0.15) is 0 Å². The Bertz CT molecular complexity index is 477. The maximum Gasteiger partial charge on any atom is 0.255 e. The lowest BCUT2D eigenvalue weighted by Gasteiger charge is -2.38. The zero-order chi connectivity index (χ0) is 14.0. The predicted molar refractivity (Wildman–Crippen MR) is 85.8 cm³/mol. The standard InChI is InChI=1S/C15H21ClN2O.ClH/c1-10-6-7-12(13(16)9-10)15(19)18-8-4-3-5-14(18)11(2)17;/h6-7,9,11,14H,3-5,8,17H2,1-2H3;1H. The summed E-state index contributed by atoms with van der Waals surface area (Å²) in [4.78, 5) is 14.5. The minimum Gasteiger partial charge on any atom is -0.334 e. The van der Waals surface area contributed by atoms with Gasteiger partial charge in [-0.1, -0.05) is 17.7 Å². The summed E-state index contributed by atoms with van der Waals surface area (Å²) < 4.78 is 0. The van der Waals surface area contributed by atoms with Crippen molar-refractivity contribution >= 4 is 29.9 Å². The third-order valence-corrected chi connectivity index (χ3v) is 4.08. The summed E-state index contributed by atoms with van der Waals surface area (Å²) in [6, 6.07) is 5.68. The number of carbonyl (C=O) groups excluding carboxylic acids is 1. The van der Waals surface area contributed by atoms with E-state index in [1.54, 1.807) is 0 Å². The van der Waals surface area contributed by atoms with Crippen molar-refractivity contribution in [1.82, 2.24) is 4.90 Å². The largest absolute Gasteiger partial charge is 0.334 e. The number of carbonyl (C=O) groups is 1. The lowest BCUT2D eigenvalue weighted by atomic mass is 9.96. The number of hydrogen-bond acceptors (Lipinski definition) is 2. The third-order valence-electron chi connectivity index (χ3n) is 3.77. The molecule has 0 bridgehead atoms. The SMILES string of the molecule is Cc1ccc(C(=O)N2CCCCC2C(C)N)c(Cl)c1.Cl. The first kappa shape index (κ1) is 17.3. The van der Waals surface area contributed by atoms with Crippen LogP contribution in [0.2, 0.25) is 5.02 Å². The van der Waals surface area contributed by atoms with E-state index in [9.17, 15) is 4.79 Å². The number of aryl methyl sites for hydroxylation is 1. The second-order valence-electron chi connectivity index (χ2n) is 5.40. The minimum absolute atomic E-state index is 0. The zero-order valence-electron chi connectivity index (χ0n) is 11.9. The Kier molecular flexibility index (Phi) is 6.31. The van der Waals surface area contributed by atoms with Crippen LogP contribution in [0.5, 0.6) is 0 Å². The molecular weight excluding hydrogens is 295 g/mol.